The zero-order chi connectivity index (χ0) is 14.5. The number of nitrogens with one attached hydrogen (secondary N) is 1. The molecule has 20 heavy (non-hydrogen) atoms. The van der Waals surface area contributed by atoms with E-state index >= 15 is 0 Å². The summed E-state index contributed by atoms with van der Waals surface area (Å²) in [5, 5.41) is 7.60. The number of aryl methyl sites for hydroxylation is 1. The summed E-state index contributed by atoms with van der Waals surface area (Å²) in [6.07, 6.45) is 2.66. The molecule has 0 aliphatic carbocycles. The highest BCUT2D eigenvalue weighted by atomic mass is 16.5. The van der Waals surface area contributed by atoms with E-state index in [4.69, 9.17) is 9.47 Å². The lowest BCUT2D eigenvalue weighted by Crippen LogP contribution is -2.34. The third kappa shape index (κ3) is 3.37. The summed E-state index contributed by atoms with van der Waals surface area (Å²) >= 11 is 0. The van der Waals surface area contributed by atoms with Gasteiger partial charge in [0, 0.05) is 26.2 Å². The first kappa shape index (κ1) is 15.0. The largest absolute Gasteiger partial charge is 0.462 e. The highest BCUT2D eigenvalue weighted by Gasteiger charge is 2.23. The van der Waals surface area contributed by atoms with Gasteiger partial charge in [-0.15, -0.1) is 0 Å². The van der Waals surface area contributed by atoms with Gasteiger partial charge in [0.15, 0.2) is 0 Å². The minimum atomic E-state index is -0.311. The summed E-state index contributed by atoms with van der Waals surface area (Å²) in [5.41, 5.74) is 1.39. The molecule has 6 heteroatoms. The molecule has 112 valence electrons. The summed E-state index contributed by atoms with van der Waals surface area (Å²) in [6.45, 7) is 6.58. The molecule has 1 aliphatic heterocycles. The van der Waals surface area contributed by atoms with Gasteiger partial charge in [0.1, 0.15) is 5.56 Å². The first-order valence-electron chi connectivity index (χ1n) is 7.12. The van der Waals surface area contributed by atoms with Crippen LogP contribution in [0.2, 0.25) is 0 Å². The molecule has 1 aromatic heterocycles. The van der Waals surface area contributed by atoms with Gasteiger partial charge in [-0.3, -0.25) is 4.68 Å². The van der Waals surface area contributed by atoms with Crippen LogP contribution in [0.3, 0.4) is 0 Å². The van der Waals surface area contributed by atoms with Crippen LogP contribution in [-0.2, 0) is 23.1 Å². The maximum absolute atomic E-state index is 11.9. The van der Waals surface area contributed by atoms with E-state index in [1.54, 1.807) is 17.8 Å². The molecule has 0 bridgehead atoms. The van der Waals surface area contributed by atoms with E-state index in [2.05, 4.69) is 17.3 Å². The molecule has 0 spiro atoms. The van der Waals surface area contributed by atoms with Gasteiger partial charge in [0.2, 0.25) is 0 Å². The van der Waals surface area contributed by atoms with E-state index in [9.17, 15) is 4.79 Å². The van der Waals surface area contributed by atoms with Crippen molar-refractivity contribution in [2.24, 2.45) is 13.0 Å². The van der Waals surface area contributed by atoms with Crippen molar-refractivity contribution in [3.8, 4) is 0 Å². The molecule has 0 amide bonds. The fourth-order valence-corrected chi connectivity index (χ4v) is 2.42. The Hall–Kier alpha value is -1.40. The molecule has 2 atom stereocenters. The van der Waals surface area contributed by atoms with Gasteiger partial charge in [-0.05, 0) is 26.2 Å². The number of hydrogen-bond acceptors (Lipinski definition) is 5. The molecule has 1 N–H and O–H groups in total. The smallest absolute Gasteiger partial charge is 0.341 e. The normalized spacial score (nSPS) is 20.1. The predicted octanol–water partition coefficient (Wildman–Crippen LogP) is 1.11. The van der Waals surface area contributed by atoms with Gasteiger partial charge in [-0.1, -0.05) is 0 Å². The predicted molar refractivity (Wildman–Crippen MR) is 74.4 cm³/mol. The van der Waals surface area contributed by atoms with Crippen LogP contribution in [0.1, 0.15) is 36.3 Å². The standard InChI is InChI=1S/C14H23N3O3/c1-4-20-14(18)12-7-16-17(3)13(12)8-15-10(2)11-5-6-19-9-11/h7,10-11,15H,4-6,8-9H2,1-3H3. The van der Waals surface area contributed by atoms with E-state index in [1.807, 2.05) is 7.05 Å². The molecule has 0 aromatic carbocycles. The summed E-state index contributed by atoms with van der Waals surface area (Å²) in [7, 11) is 1.84. The number of hydrogen-bond donors (Lipinski definition) is 1. The maximum Gasteiger partial charge on any atom is 0.341 e. The minimum absolute atomic E-state index is 0.311. The Morgan fingerprint density at radius 3 is 3.15 bits per heavy atom. The second-order valence-corrected chi connectivity index (χ2v) is 5.14. The summed E-state index contributed by atoms with van der Waals surface area (Å²) in [5.74, 6) is 0.225. The van der Waals surface area contributed by atoms with Crippen molar-refractivity contribution in [1.29, 1.82) is 0 Å². The Bertz CT molecular complexity index is 453. The van der Waals surface area contributed by atoms with Crippen molar-refractivity contribution in [2.45, 2.75) is 32.9 Å². The third-order valence-corrected chi connectivity index (χ3v) is 3.82. The Balaban J connectivity index is 1.97. The van der Waals surface area contributed by atoms with E-state index in [0.29, 0.717) is 30.7 Å². The molecule has 0 saturated carbocycles. The number of aromatic nitrogens is 2. The number of carbonyl (C=O) groups is 1. The quantitative estimate of drug-likeness (QED) is 0.791. The van der Waals surface area contributed by atoms with Crippen molar-refractivity contribution < 1.29 is 14.3 Å². The minimum Gasteiger partial charge on any atom is -0.462 e. The summed E-state index contributed by atoms with van der Waals surface area (Å²) in [6, 6.07) is 0.349. The average Bonchev–Trinajstić information content (AvgIpc) is 3.06. The van der Waals surface area contributed by atoms with Crippen LogP contribution in [0.4, 0.5) is 0 Å². The van der Waals surface area contributed by atoms with Gasteiger partial charge in [0.25, 0.3) is 0 Å². The first-order valence-corrected chi connectivity index (χ1v) is 7.12. The first-order chi connectivity index (χ1) is 9.63. The lowest BCUT2D eigenvalue weighted by Gasteiger charge is -2.19. The summed E-state index contributed by atoms with van der Waals surface area (Å²) in [4.78, 5) is 11.9. The van der Waals surface area contributed by atoms with Crippen LogP contribution in [0, 0.1) is 5.92 Å². The second kappa shape index (κ2) is 6.85. The molecular weight excluding hydrogens is 258 g/mol. The van der Waals surface area contributed by atoms with Crippen molar-refractivity contribution in [2.75, 3.05) is 19.8 Å². The van der Waals surface area contributed by atoms with Crippen LogP contribution < -0.4 is 5.32 Å². The van der Waals surface area contributed by atoms with Gasteiger partial charge in [-0.25, -0.2) is 4.79 Å². The zero-order valence-electron chi connectivity index (χ0n) is 12.4. The molecular formula is C14H23N3O3. The van der Waals surface area contributed by atoms with Crippen molar-refractivity contribution in [3.05, 3.63) is 17.5 Å². The van der Waals surface area contributed by atoms with Crippen LogP contribution in [-0.4, -0.2) is 41.6 Å². The maximum atomic E-state index is 11.9. The zero-order valence-corrected chi connectivity index (χ0v) is 12.4. The van der Waals surface area contributed by atoms with Gasteiger partial charge < -0.3 is 14.8 Å². The Morgan fingerprint density at radius 2 is 2.50 bits per heavy atom. The van der Waals surface area contributed by atoms with Gasteiger partial charge in [-0.2, -0.15) is 5.10 Å². The fourth-order valence-electron chi connectivity index (χ4n) is 2.42. The second-order valence-electron chi connectivity index (χ2n) is 5.14. The number of carbonyl (C=O) groups excluding carboxylic acids is 1. The summed E-state index contributed by atoms with van der Waals surface area (Å²) < 4.78 is 12.2. The molecule has 2 heterocycles. The Kier molecular flexibility index (Phi) is 5.14. The van der Waals surface area contributed by atoms with Crippen LogP contribution in [0.5, 0.6) is 0 Å². The van der Waals surface area contributed by atoms with Crippen LogP contribution >= 0.6 is 0 Å². The van der Waals surface area contributed by atoms with Crippen LogP contribution in [0.25, 0.3) is 0 Å². The Labute approximate surface area is 119 Å². The topological polar surface area (TPSA) is 65.4 Å². The molecule has 0 radical (unpaired) electrons. The molecule has 1 saturated heterocycles. The fraction of sp³-hybridized carbons (Fsp3) is 0.714. The molecule has 6 nitrogen and oxygen atoms in total. The number of rotatable bonds is 6. The lowest BCUT2D eigenvalue weighted by molar-refractivity contribution is 0.0524. The van der Waals surface area contributed by atoms with Crippen molar-refractivity contribution >= 4 is 5.97 Å². The molecule has 1 aromatic rings. The number of esters is 1. The molecule has 2 rings (SSSR count). The van der Waals surface area contributed by atoms with E-state index in [0.717, 1.165) is 25.3 Å². The van der Waals surface area contributed by atoms with Gasteiger partial charge >= 0.3 is 5.97 Å². The van der Waals surface area contributed by atoms with Crippen molar-refractivity contribution in [1.82, 2.24) is 15.1 Å². The highest BCUT2D eigenvalue weighted by molar-refractivity contribution is 5.90. The average molecular weight is 281 g/mol. The van der Waals surface area contributed by atoms with E-state index in [1.165, 1.54) is 0 Å². The van der Waals surface area contributed by atoms with Crippen molar-refractivity contribution in [3.63, 3.8) is 0 Å². The monoisotopic (exact) mass is 281 g/mol. The van der Waals surface area contributed by atoms with E-state index in [-0.39, 0.29) is 5.97 Å². The van der Waals surface area contributed by atoms with Gasteiger partial charge in [0.05, 0.1) is 25.1 Å². The number of nitrogens with zero attached hydrogens (tertiary/aromatic N) is 2. The SMILES string of the molecule is CCOC(=O)c1cnn(C)c1CNC(C)C1CCOC1. The van der Waals surface area contributed by atoms with Crippen LogP contribution in [0.15, 0.2) is 6.20 Å². The number of ether oxygens (including phenoxy) is 2. The van der Waals surface area contributed by atoms with E-state index < -0.39 is 0 Å². The third-order valence-electron chi connectivity index (χ3n) is 3.82. The highest BCUT2D eigenvalue weighted by Crippen LogP contribution is 2.17. The Morgan fingerprint density at radius 1 is 1.70 bits per heavy atom. The molecule has 1 aliphatic rings. The molecule has 2 unspecified atom stereocenters. The lowest BCUT2D eigenvalue weighted by atomic mass is 10.0. The molecule has 1 fully saturated rings.